The molecule has 1 amide bonds. The van der Waals surface area contributed by atoms with Gasteiger partial charge in [0.1, 0.15) is 17.4 Å². The number of carbonyl (C=O) groups excluding carboxylic acids is 1. The summed E-state index contributed by atoms with van der Waals surface area (Å²) in [5, 5.41) is 7.11. The number of nitrogens with zero attached hydrogens (tertiary/aromatic N) is 3. The van der Waals surface area contributed by atoms with Crippen molar-refractivity contribution in [2.75, 3.05) is 7.11 Å². The molecule has 0 unspecified atom stereocenters. The number of aryl methyl sites for hydroxylation is 1. The van der Waals surface area contributed by atoms with Crippen molar-refractivity contribution in [1.82, 2.24) is 20.1 Å². The van der Waals surface area contributed by atoms with Crippen LogP contribution < -0.4 is 10.1 Å². The van der Waals surface area contributed by atoms with Gasteiger partial charge in [-0.25, -0.2) is 14.1 Å². The number of nitrogens with one attached hydrogen (secondary N) is 1. The molecule has 1 N–H and O–H groups in total. The summed E-state index contributed by atoms with van der Waals surface area (Å²) in [5.41, 5.74) is 1.49. The molecule has 26 heavy (non-hydrogen) atoms. The van der Waals surface area contributed by atoms with Crippen molar-refractivity contribution in [2.45, 2.75) is 19.9 Å². The average Bonchev–Trinajstić information content (AvgIpc) is 3.04. The zero-order valence-electron chi connectivity index (χ0n) is 14.7. The fourth-order valence-corrected chi connectivity index (χ4v) is 2.68. The van der Waals surface area contributed by atoms with Gasteiger partial charge in [-0.1, -0.05) is 18.2 Å². The Kier molecular flexibility index (Phi) is 4.97. The molecule has 0 saturated heterocycles. The van der Waals surface area contributed by atoms with Gasteiger partial charge in [0, 0.05) is 5.56 Å². The van der Waals surface area contributed by atoms with Crippen molar-refractivity contribution in [2.24, 2.45) is 0 Å². The Morgan fingerprint density at radius 3 is 2.58 bits per heavy atom. The molecule has 6 nitrogen and oxygen atoms in total. The molecule has 134 valence electrons. The van der Waals surface area contributed by atoms with Gasteiger partial charge in [0.05, 0.1) is 18.8 Å². The first-order valence-corrected chi connectivity index (χ1v) is 8.13. The quantitative estimate of drug-likeness (QED) is 0.764. The number of halogens is 1. The predicted molar refractivity (Wildman–Crippen MR) is 94.9 cm³/mol. The predicted octanol–water partition coefficient (Wildman–Crippen LogP) is 3.21. The topological polar surface area (TPSA) is 69.0 Å². The van der Waals surface area contributed by atoms with E-state index in [1.54, 1.807) is 26.2 Å². The molecular formula is C19H19FN4O2. The first kappa shape index (κ1) is 17.6. The van der Waals surface area contributed by atoms with Crippen LogP contribution >= 0.6 is 0 Å². The summed E-state index contributed by atoms with van der Waals surface area (Å²) in [6.07, 6.45) is 0. The minimum Gasteiger partial charge on any atom is -0.496 e. The third-order valence-electron chi connectivity index (χ3n) is 4.00. The molecule has 0 spiro atoms. The third-order valence-corrected chi connectivity index (χ3v) is 4.00. The second-order valence-electron chi connectivity index (χ2n) is 5.81. The minimum absolute atomic E-state index is 0.0496. The molecule has 0 radical (unpaired) electrons. The smallest absolute Gasteiger partial charge is 0.291 e. The van der Waals surface area contributed by atoms with Crippen molar-refractivity contribution in [3.63, 3.8) is 0 Å². The fraction of sp³-hybridized carbons (Fsp3) is 0.211. The van der Waals surface area contributed by atoms with Crippen LogP contribution in [0.3, 0.4) is 0 Å². The molecule has 3 rings (SSSR count). The van der Waals surface area contributed by atoms with E-state index in [1.807, 2.05) is 31.2 Å². The average molecular weight is 354 g/mol. The van der Waals surface area contributed by atoms with Crippen LogP contribution in [0.4, 0.5) is 4.39 Å². The van der Waals surface area contributed by atoms with Crippen LogP contribution in [0.5, 0.6) is 5.75 Å². The van der Waals surface area contributed by atoms with E-state index in [1.165, 1.54) is 16.8 Å². The van der Waals surface area contributed by atoms with Gasteiger partial charge in [0.2, 0.25) is 5.82 Å². The molecule has 1 aromatic heterocycles. The highest BCUT2D eigenvalue weighted by molar-refractivity contribution is 5.90. The Morgan fingerprint density at radius 1 is 1.19 bits per heavy atom. The Hall–Kier alpha value is -3.22. The van der Waals surface area contributed by atoms with Crippen LogP contribution in [0.15, 0.2) is 48.5 Å². The summed E-state index contributed by atoms with van der Waals surface area (Å²) < 4.78 is 19.9. The van der Waals surface area contributed by atoms with Crippen LogP contribution in [0.2, 0.25) is 0 Å². The number of methoxy groups -OCH3 is 1. The molecule has 1 heterocycles. The molecule has 0 aliphatic rings. The molecular weight excluding hydrogens is 335 g/mol. The lowest BCUT2D eigenvalue weighted by molar-refractivity contribution is 0.0929. The molecule has 0 fully saturated rings. The lowest BCUT2D eigenvalue weighted by atomic mass is 10.1. The van der Waals surface area contributed by atoms with E-state index in [9.17, 15) is 9.18 Å². The summed E-state index contributed by atoms with van der Waals surface area (Å²) in [7, 11) is 1.59. The Labute approximate surface area is 150 Å². The normalized spacial score (nSPS) is 11.8. The fourth-order valence-electron chi connectivity index (χ4n) is 2.68. The van der Waals surface area contributed by atoms with Crippen LogP contribution in [-0.4, -0.2) is 27.8 Å². The Bertz CT molecular complexity index is 922. The Balaban J connectivity index is 1.80. The maximum absolute atomic E-state index is 13.1. The van der Waals surface area contributed by atoms with E-state index in [0.717, 1.165) is 5.56 Å². The molecule has 0 saturated carbocycles. The van der Waals surface area contributed by atoms with Gasteiger partial charge < -0.3 is 10.1 Å². The number of benzene rings is 2. The van der Waals surface area contributed by atoms with E-state index < -0.39 is 5.91 Å². The SMILES string of the molecule is COc1ccccc1[C@H](C)NC(=O)c1nc(C)n(-c2ccc(F)cc2)n1. The lowest BCUT2D eigenvalue weighted by Gasteiger charge is -2.16. The van der Waals surface area contributed by atoms with Crippen molar-refractivity contribution in [1.29, 1.82) is 0 Å². The third kappa shape index (κ3) is 3.56. The number of ether oxygens (including phenoxy) is 1. The van der Waals surface area contributed by atoms with Gasteiger partial charge in [-0.2, -0.15) is 0 Å². The molecule has 3 aromatic rings. The number of para-hydroxylation sites is 1. The van der Waals surface area contributed by atoms with Crippen molar-refractivity contribution in [3.05, 3.63) is 71.6 Å². The molecule has 0 aliphatic carbocycles. The molecule has 7 heteroatoms. The van der Waals surface area contributed by atoms with Crippen LogP contribution in [0.1, 0.15) is 35.0 Å². The van der Waals surface area contributed by atoms with E-state index >= 15 is 0 Å². The number of hydrogen-bond donors (Lipinski definition) is 1. The van der Waals surface area contributed by atoms with E-state index in [0.29, 0.717) is 17.3 Å². The second-order valence-corrected chi connectivity index (χ2v) is 5.81. The molecule has 0 bridgehead atoms. The van der Waals surface area contributed by atoms with Gasteiger partial charge in [0.15, 0.2) is 0 Å². The zero-order chi connectivity index (χ0) is 18.7. The Morgan fingerprint density at radius 2 is 1.88 bits per heavy atom. The van der Waals surface area contributed by atoms with Crippen LogP contribution in [0.25, 0.3) is 5.69 Å². The van der Waals surface area contributed by atoms with Gasteiger partial charge >= 0.3 is 0 Å². The summed E-state index contributed by atoms with van der Waals surface area (Å²) >= 11 is 0. The van der Waals surface area contributed by atoms with Crippen molar-refractivity contribution >= 4 is 5.91 Å². The maximum atomic E-state index is 13.1. The van der Waals surface area contributed by atoms with Gasteiger partial charge in [-0.15, -0.1) is 5.10 Å². The van der Waals surface area contributed by atoms with E-state index in [-0.39, 0.29) is 17.7 Å². The van der Waals surface area contributed by atoms with Gasteiger partial charge in [-0.3, -0.25) is 4.79 Å². The highest BCUT2D eigenvalue weighted by Gasteiger charge is 2.19. The summed E-state index contributed by atoms with van der Waals surface area (Å²) in [4.78, 5) is 16.7. The van der Waals surface area contributed by atoms with Crippen LogP contribution in [-0.2, 0) is 0 Å². The highest BCUT2D eigenvalue weighted by Crippen LogP contribution is 2.24. The monoisotopic (exact) mass is 354 g/mol. The number of rotatable bonds is 5. The van der Waals surface area contributed by atoms with Crippen molar-refractivity contribution < 1.29 is 13.9 Å². The maximum Gasteiger partial charge on any atom is 0.291 e. The van der Waals surface area contributed by atoms with E-state index in [4.69, 9.17) is 4.74 Å². The summed E-state index contributed by atoms with van der Waals surface area (Å²) in [5.74, 6) is 0.545. The second kappa shape index (κ2) is 7.35. The first-order chi connectivity index (χ1) is 12.5. The minimum atomic E-state index is -0.396. The van der Waals surface area contributed by atoms with E-state index in [2.05, 4.69) is 15.4 Å². The first-order valence-electron chi connectivity index (χ1n) is 8.13. The standard InChI is InChI=1S/C19H19FN4O2/c1-12(16-6-4-5-7-17(16)26-3)21-19(25)18-22-13(2)24(23-18)15-10-8-14(20)9-11-15/h4-12H,1-3H3,(H,21,25)/t12-/m0/s1. The van der Waals surface area contributed by atoms with Crippen molar-refractivity contribution in [3.8, 4) is 11.4 Å². The van der Waals surface area contributed by atoms with Gasteiger partial charge in [-0.05, 0) is 44.2 Å². The molecule has 2 aromatic carbocycles. The van der Waals surface area contributed by atoms with Gasteiger partial charge in [0.25, 0.3) is 5.91 Å². The molecule has 0 aliphatic heterocycles. The summed E-state index contributed by atoms with van der Waals surface area (Å²) in [6.45, 7) is 3.59. The number of aromatic nitrogens is 3. The van der Waals surface area contributed by atoms with Crippen LogP contribution in [0, 0.1) is 12.7 Å². The number of hydrogen-bond acceptors (Lipinski definition) is 4. The highest BCUT2D eigenvalue weighted by atomic mass is 19.1. The largest absolute Gasteiger partial charge is 0.496 e. The lowest BCUT2D eigenvalue weighted by Crippen LogP contribution is -2.28. The summed E-state index contributed by atoms with van der Waals surface area (Å²) in [6, 6.07) is 13.0. The number of amides is 1. The molecule has 1 atom stereocenters. The number of carbonyl (C=O) groups is 1. The zero-order valence-corrected chi connectivity index (χ0v) is 14.7.